The van der Waals surface area contributed by atoms with E-state index >= 15 is 0 Å². The average Bonchev–Trinajstić information content (AvgIpc) is 4.07. The molecule has 0 radical (unpaired) electrons. The van der Waals surface area contributed by atoms with Gasteiger partial charge in [-0.3, -0.25) is 28.5 Å². The second-order valence-corrected chi connectivity index (χ2v) is 23.1. The Kier molecular flexibility index (Phi) is 13.0. The number of esters is 1. The van der Waals surface area contributed by atoms with Crippen LogP contribution in [0.4, 0.5) is 0 Å². The molecule has 3 aromatic rings. The molecule has 63 heavy (non-hydrogen) atoms. The fourth-order valence-electron chi connectivity index (χ4n) is 10.2. The summed E-state index contributed by atoms with van der Waals surface area (Å²) in [6.07, 6.45) is 13.9. The predicted octanol–water partition coefficient (Wildman–Crippen LogP) is 8.82. The minimum absolute atomic E-state index is 0.0527. The molecule has 8 rings (SSSR count). The lowest BCUT2D eigenvalue weighted by Crippen LogP contribution is -2.48. The van der Waals surface area contributed by atoms with Crippen LogP contribution < -0.4 is 9.46 Å². The number of aromatic nitrogens is 3. The standard InChI is InChI=1S/C48H65N5O8S2/c1-29(2)53-37-21-15-20-35(43-49-36(28-62-43)31-16-12-10-13-17-31)41(37)50-46(53)60-39-27-52-42(30(39)3)38(54)26-48(45(57)51-63(58,59)34-22-23-34)25-33(48)19-14-9-7-8-11-18-32(44(52)56)24-40(55)61-47(4,5)6/h14-15,19-21,28-34,39,42H,7-13,16-18,22-27H2,1-6H3,(H,51,57)/b19-14-/t30-,32-,33-,39+,42+,48-/m1/s1. The zero-order valence-corrected chi connectivity index (χ0v) is 39.4. The number of imidazole rings is 1. The highest BCUT2D eigenvalue weighted by atomic mass is 32.2. The summed E-state index contributed by atoms with van der Waals surface area (Å²) in [6.45, 7) is 11.5. The van der Waals surface area contributed by atoms with Crippen molar-refractivity contribution in [3.05, 3.63) is 41.4 Å². The average molecular weight is 904 g/mol. The van der Waals surface area contributed by atoms with Gasteiger partial charge in [0.25, 0.3) is 6.01 Å². The number of thiazole rings is 1. The van der Waals surface area contributed by atoms with E-state index in [2.05, 4.69) is 23.9 Å². The van der Waals surface area contributed by atoms with Gasteiger partial charge >= 0.3 is 5.97 Å². The van der Waals surface area contributed by atoms with E-state index in [-0.39, 0.29) is 43.0 Å². The molecule has 3 aliphatic carbocycles. The Morgan fingerprint density at radius 2 is 1.73 bits per heavy atom. The topological polar surface area (TPSA) is 167 Å². The third kappa shape index (κ3) is 9.79. The number of allylic oxidation sites excluding steroid dienone is 2. The number of ether oxygens (including phenoxy) is 2. The van der Waals surface area contributed by atoms with Crippen LogP contribution in [-0.4, -0.2) is 81.0 Å². The van der Waals surface area contributed by atoms with Gasteiger partial charge in [-0.2, -0.15) is 4.98 Å². The smallest absolute Gasteiger partial charge is 0.307 e. The van der Waals surface area contributed by atoms with Crippen LogP contribution in [0.15, 0.2) is 35.7 Å². The summed E-state index contributed by atoms with van der Waals surface area (Å²) in [4.78, 5) is 69.2. The van der Waals surface area contributed by atoms with Crippen molar-refractivity contribution in [2.45, 2.75) is 173 Å². The Morgan fingerprint density at radius 3 is 2.44 bits per heavy atom. The number of nitrogens with zero attached hydrogens (tertiary/aromatic N) is 4. The molecule has 2 aliphatic heterocycles. The van der Waals surface area contributed by atoms with Crippen molar-refractivity contribution in [3.63, 3.8) is 0 Å². The maximum absolute atomic E-state index is 15.0. The Balaban J connectivity index is 1.13. The van der Waals surface area contributed by atoms with Crippen LogP contribution >= 0.6 is 11.3 Å². The highest BCUT2D eigenvalue weighted by Gasteiger charge is 2.62. The molecule has 4 fully saturated rings. The van der Waals surface area contributed by atoms with E-state index in [9.17, 15) is 27.6 Å². The quantitative estimate of drug-likeness (QED) is 0.153. The van der Waals surface area contributed by atoms with E-state index in [1.165, 1.54) is 19.3 Å². The van der Waals surface area contributed by atoms with Crippen LogP contribution in [0.3, 0.4) is 0 Å². The molecular formula is C48H65N5O8S2. The molecule has 15 heteroatoms. The summed E-state index contributed by atoms with van der Waals surface area (Å²) in [5, 5.41) is 2.49. The number of carbonyl (C=O) groups is 4. The molecule has 2 amide bonds. The van der Waals surface area contributed by atoms with Gasteiger partial charge in [-0.15, -0.1) is 11.3 Å². The summed E-state index contributed by atoms with van der Waals surface area (Å²) in [5.74, 6) is -2.92. The van der Waals surface area contributed by atoms with Crippen molar-refractivity contribution in [2.75, 3.05) is 6.54 Å². The molecule has 342 valence electrons. The summed E-state index contributed by atoms with van der Waals surface area (Å²) in [5.41, 5.74) is 1.72. The molecule has 0 spiro atoms. The summed E-state index contributed by atoms with van der Waals surface area (Å²) in [6, 6.07) is 5.41. The lowest BCUT2D eigenvalue weighted by molar-refractivity contribution is -0.159. The van der Waals surface area contributed by atoms with Crippen LogP contribution in [0.2, 0.25) is 0 Å². The molecule has 5 aliphatic rings. The number of fused-ring (bicyclic) bond motifs is 3. The molecule has 6 atom stereocenters. The minimum Gasteiger partial charge on any atom is -0.460 e. The third-order valence-corrected chi connectivity index (χ3v) is 16.6. The van der Waals surface area contributed by atoms with Gasteiger partial charge in [0.1, 0.15) is 22.2 Å². The molecule has 0 unspecified atom stereocenters. The first kappa shape index (κ1) is 45.5. The molecule has 1 N–H and O–H groups in total. The number of carbonyl (C=O) groups excluding carboxylic acids is 4. The normalized spacial score (nSPS) is 28.2. The van der Waals surface area contributed by atoms with Crippen LogP contribution in [0.1, 0.15) is 156 Å². The Morgan fingerprint density at radius 1 is 1.00 bits per heavy atom. The van der Waals surface area contributed by atoms with Crippen molar-refractivity contribution < 1.29 is 37.1 Å². The zero-order chi connectivity index (χ0) is 44.8. The second kappa shape index (κ2) is 18.0. The van der Waals surface area contributed by atoms with E-state index in [1.807, 2.05) is 41.8 Å². The minimum atomic E-state index is -3.87. The highest BCUT2D eigenvalue weighted by Crippen LogP contribution is 2.57. The number of ketones is 1. The van der Waals surface area contributed by atoms with E-state index in [0.717, 1.165) is 59.4 Å². The van der Waals surface area contributed by atoms with Crippen LogP contribution in [0.25, 0.3) is 21.6 Å². The predicted molar refractivity (Wildman–Crippen MR) is 243 cm³/mol. The van der Waals surface area contributed by atoms with Crippen LogP contribution in [0.5, 0.6) is 6.01 Å². The molecular weight excluding hydrogens is 839 g/mol. The summed E-state index contributed by atoms with van der Waals surface area (Å²) < 4.78 is 43.1. The van der Waals surface area contributed by atoms with Gasteiger partial charge in [-0.05, 0) is 104 Å². The van der Waals surface area contributed by atoms with Gasteiger partial charge in [-0.1, -0.05) is 57.2 Å². The van der Waals surface area contributed by atoms with Gasteiger partial charge in [0, 0.05) is 41.2 Å². The van der Waals surface area contributed by atoms with Crippen molar-refractivity contribution in [3.8, 4) is 16.6 Å². The number of sulfonamides is 1. The lowest BCUT2D eigenvalue weighted by Gasteiger charge is -2.30. The van der Waals surface area contributed by atoms with Crippen molar-refractivity contribution in [2.24, 2.45) is 23.2 Å². The number of rotatable bonds is 10. The Bertz CT molecular complexity index is 2350. The van der Waals surface area contributed by atoms with E-state index in [0.29, 0.717) is 44.0 Å². The van der Waals surface area contributed by atoms with Gasteiger partial charge < -0.3 is 14.4 Å². The molecule has 2 aromatic heterocycles. The summed E-state index contributed by atoms with van der Waals surface area (Å²) >= 11 is 1.63. The van der Waals surface area contributed by atoms with Crippen molar-refractivity contribution >= 4 is 56.0 Å². The molecule has 0 bridgehead atoms. The van der Waals surface area contributed by atoms with Gasteiger partial charge in [-0.25, -0.2) is 13.4 Å². The van der Waals surface area contributed by atoms with Gasteiger partial charge in [0.2, 0.25) is 21.8 Å². The zero-order valence-electron chi connectivity index (χ0n) is 37.8. The monoisotopic (exact) mass is 903 g/mol. The largest absolute Gasteiger partial charge is 0.460 e. The second-order valence-electron chi connectivity index (χ2n) is 20.2. The number of nitrogens with one attached hydrogen (secondary N) is 1. The third-order valence-electron chi connectivity index (χ3n) is 13.9. The number of Topliss-reactive ketones (excluding diaryl/α,β-unsaturated/α-hetero) is 1. The maximum Gasteiger partial charge on any atom is 0.307 e. The lowest BCUT2D eigenvalue weighted by atomic mass is 9.87. The van der Waals surface area contributed by atoms with Crippen LogP contribution in [-0.2, 0) is 33.9 Å². The number of para-hydroxylation sites is 1. The van der Waals surface area contributed by atoms with E-state index < -0.39 is 62.1 Å². The molecule has 1 saturated heterocycles. The van der Waals surface area contributed by atoms with E-state index in [4.69, 9.17) is 19.4 Å². The SMILES string of the molecule is CC(C)n1c(O[C@H]2CN3C(=O)[C@@H](CC(=O)OC(C)(C)C)CCCCC/C=C\[C@@H]4C[C@@]4(C(=O)NS(=O)(=O)C4CC4)CC(=O)[C@@H]3[C@@H]2C)nc2c(-c3nc(C4CCCCC4)cs3)cccc21. The number of benzene rings is 1. The van der Waals surface area contributed by atoms with Crippen molar-refractivity contribution in [1.29, 1.82) is 0 Å². The first-order chi connectivity index (χ1) is 30.0. The van der Waals surface area contributed by atoms with Gasteiger partial charge in [0.15, 0.2) is 5.78 Å². The number of amides is 2. The maximum atomic E-state index is 15.0. The number of hydrogen-bond donors (Lipinski definition) is 1. The molecule has 4 heterocycles. The molecule has 13 nitrogen and oxygen atoms in total. The first-order valence-electron chi connectivity index (χ1n) is 23.4. The Hall–Kier alpha value is -4.11. The molecule has 3 saturated carbocycles. The van der Waals surface area contributed by atoms with Crippen molar-refractivity contribution in [1.82, 2.24) is 24.2 Å². The van der Waals surface area contributed by atoms with Crippen LogP contribution in [0, 0.1) is 23.2 Å². The van der Waals surface area contributed by atoms with Gasteiger partial charge in [0.05, 0.1) is 40.9 Å². The summed E-state index contributed by atoms with van der Waals surface area (Å²) in [7, 11) is -3.87. The number of hydrogen-bond acceptors (Lipinski definition) is 11. The highest BCUT2D eigenvalue weighted by molar-refractivity contribution is 7.90. The molecule has 1 aromatic carbocycles. The fourth-order valence-corrected chi connectivity index (χ4v) is 12.6. The van der Waals surface area contributed by atoms with E-state index in [1.54, 1.807) is 37.0 Å². The first-order valence-corrected chi connectivity index (χ1v) is 25.8. The Labute approximate surface area is 376 Å². The fraction of sp³-hybridized carbons (Fsp3) is 0.667.